The minimum Gasteiger partial charge on any atom is -0.365 e. The van der Waals surface area contributed by atoms with Crippen LogP contribution in [0.1, 0.15) is 16.8 Å². The van der Waals surface area contributed by atoms with Crippen molar-refractivity contribution in [1.29, 1.82) is 0 Å². The van der Waals surface area contributed by atoms with E-state index in [1.54, 1.807) is 30.3 Å². The third-order valence-electron chi connectivity index (χ3n) is 4.71. The molecular formula is C22H14ClF6N5. The van der Waals surface area contributed by atoms with E-state index in [2.05, 4.69) is 20.4 Å². The van der Waals surface area contributed by atoms with E-state index in [1.165, 1.54) is 18.5 Å². The lowest BCUT2D eigenvalue weighted by atomic mass is 10.0. The van der Waals surface area contributed by atoms with E-state index in [0.29, 0.717) is 17.7 Å². The van der Waals surface area contributed by atoms with Gasteiger partial charge < -0.3 is 5.32 Å². The molecule has 34 heavy (non-hydrogen) atoms. The number of halogens is 7. The van der Waals surface area contributed by atoms with Crippen LogP contribution >= 0.6 is 11.6 Å². The molecule has 4 rings (SSSR count). The van der Waals surface area contributed by atoms with Gasteiger partial charge in [0.2, 0.25) is 0 Å². The first-order chi connectivity index (χ1) is 16.0. The summed E-state index contributed by atoms with van der Waals surface area (Å²) in [7, 11) is 0. The Morgan fingerprint density at radius 2 is 1.53 bits per heavy atom. The monoisotopic (exact) mass is 497 g/mol. The van der Waals surface area contributed by atoms with Crippen molar-refractivity contribution >= 4 is 17.4 Å². The summed E-state index contributed by atoms with van der Waals surface area (Å²) >= 11 is 5.87. The van der Waals surface area contributed by atoms with Crippen LogP contribution in [0, 0.1) is 0 Å². The lowest BCUT2D eigenvalue weighted by Crippen LogP contribution is -2.10. The quantitative estimate of drug-likeness (QED) is 0.314. The van der Waals surface area contributed by atoms with Crippen molar-refractivity contribution in [3.8, 4) is 17.1 Å². The Morgan fingerprint density at radius 3 is 2.15 bits per heavy atom. The molecule has 0 saturated carbocycles. The molecule has 2 heterocycles. The van der Waals surface area contributed by atoms with Crippen molar-refractivity contribution in [3.05, 3.63) is 88.8 Å². The summed E-state index contributed by atoms with van der Waals surface area (Å²) in [6.45, 7) is 0.0519. The number of hydrogen-bond acceptors (Lipinski definition) is 4. The van der Waals surface area contributed by atoms with Crippen molar-refractivity contribution in [2.75, 3.05) is 5.32 Å². The number of alkyl halides is 6. The Hall–Kier alpha value is -3.60. The molecule has 1 N–H and O–H groups in total. The second kappa shape index (κ2) is 8.98. The third kappa shape index (κ3) is 4.98. The highest BCUT2D eigenvalue weighted by atomic mass is 35.5. The smallest absolute Gasteiger partial charge is 0.365 e. The maximum Gasteiger partial charge on any atom is 0.435 e. The zero-order chi connectivity index (χ0) is 24.5. The highest BCUT2D eigenvalue weighted by molar-refractivity contribution is 6.31. The summed E-state index contributed by atoms with van der Waals surface area (Å²) in [6.07, 6.45) is -7.22. The van der Waals surface area contributed by atoms with Crippen LogP contribution in [-0.4, -0.2) is 19.7 Å². The zero-order valence-corrected chi connectivity index (χ0v) is 17.7. The van der Waals surface area contributed by atoms with Gasteiger partial charge in [0.1, 0.15) is 5.82 Å². The van der Waals surface area contributed by atoms with E-state index in [1.807, 2.05) is 0 Å². The van der Waals surface area contributed by atoms with Gasteiger partial charge in [0, 0.05) is 24.0 Å². The van der Waals surface area contributed by atoms with Crippen LogP contribution < -0.4 is 5.32 Å². The number of nitrogens with one attached hydrogen (secondary N) is 1. The first-order valence-electron chi connectivity index (χ1n) is 9.67. The Morgan fingerprint density at radius 1 is 0.853 bits per heavy atom. The molecule has 0 fully saturated rings. The molecule has 2 aromatic carbocycles. The Bertz CT molecular complexity index is 1290. The Balaban J connectivity index is 1.97. The van der Waals surface area contributed by atoms with E-state index in [0.717, 1.165) is 10.7 Å². The topological polar surface area (TPSA) is 55.6 Å². The van der Waals surface area contributed by atoms with Gasteiger partial charge in [0.05, 0.1) is 11.1 Å². The van der Waals surface area contributed by atoms with Crippen LogP contribution in [0.5, 0.6) is 0 Å². The van der Waals surface area contributed by atoms with Gasteiger partial charge in [-0.2, -0.15) is 36.1 Å². The largest absolute Gasteiger partial charge is 0.435 e. The molecule has 0 aliphatic rings. The molecule has 4 aromatic rings. The lowest BCUT2D eigenvalue weighted by Gasteiger charge is -2.14. The van der Waals surface area contributed by atoms with Crippen LogP contribution in [-0.2, 0) is 18.9 Å². The number of nitrogens with zero attached hydrogens (tertiary/aromatic N) is 4. The first-order valence-corrected chi connectivity index (χ1v) is 10.1. The van der Waals surface area contributed by atoms with Gasteiger partial charge >= 0.3 is 12.4 Å². The third-order valence-corrected chi connectivity index (χ3v) is 4.93. The van der Waals surface area contributed by atoms with Crippen molar-refractivity contribution in [1.82, 2.24) is 19.7 Å². The number of benzene rings is 2. The average Bonchev–Trinajstić information content (AvgIpc) is 3.18. The maximum atomic E-state index is 14.0. The summed E-state index contributed by atoms with van der Waals surface area (Å²) in [5.74, 6) is -0.439. The van der Waals surface area contributed by atoms with Crippen molar-refractivity contribution < 1.29 is 26.3 Å². The second-order valence-electron chi connectivity index (χ2n) is 7.10. The average molecular weight is 498 g/mol. The molecule has 12 heteroatoms. The molecule has 0 saturated heterocycles. The number of hydrogen-bond donors (Lipinski definition) is 1. The fourth-order valence-corrected chi connectivity index (χ4v) is 3.51. The molecule has 5 nitrogen and oxygen atoms in total. The minimum atomic E-state index is -5.00. The maximum absolute atomic E-state index is 14.0. The summed E-state index contributed by atoms with van der Waals surface area (Å²) in [5, 5.41) is 6.12. The molecule has 0 aliphatic heterocycles. The predicted molar refractivity (Wildman–Crippen MR) is 113 cm³/mol. The van der Waals surface area contributed by atoms with Crippen molar-refractivity contribution in [3.63, 3.8) is 0 Å². The summed E-state index contributed by atoms with van der Waals surface area (Å²) in [5.41, 5.74) is -2.91. The lowest BCUT2D eigenvalue weighted by molar-refractivity contribution is -0.140. The van der Waals surface area contributed by atoms with E-state index < -0.39 is 34.7 Å². The summed E-state index contributed by atoms with van der Waals surface area (Å²) in [6, 6.07) is 12.4. The molecule has 0 atom stereocenters. The minimum absolute atomic E-state index is 0.0519. The van der Waals surface area contributed by atoms with Crippen molar-refractivity contribution in [2.24, 2.45) is 0 Å². The summed E-state index contributed by atoms with van der Waals surface area (Å²) < 4.78 is 83.1. The highest BCUT2D eigenvalue weighted by Crippen LogP contribution is 2.44. The Kier molecular flexibility index (Phi) is 6.22. The predicted octanol–water partition coefficient (Wildman–Crippen LogP) is 6.63. The molecule has 176 valence electrons. The molecule has 0 aliphatic carbocycles. The molecule has 0 radical (unpaired) electrons. The van der Waals surface area contributed by atoms with Crippen LogP contribution in [0.15, 0.2) is 67.0 Å². The van der Waals surface area contributed by atoms with E-state index in [9.17, 15) is 26.3 Å². The van der Waals surface area contributed by atoms with Crippen LogP contribution in [0.4, 0.5) is 32.2 Å². The molecule has 0 spiro atoms. The van der Waals surface area contributed by atoms with Crippen molar-refractivity contribution in [2.45, 2.75) is 18.9 Å². The van der Waals surface area contributed by atoms with Crippen LogP contribution in [0.2, 0.25) is 5.02 Å². The fourth-order valence-electron chi connectivity index (χ4n) is 3.28. The molecule has 0 unspecified atom stereocenters. The fraction of sp³-hybridized carbons (Fsp3) is 0.136. The van der Waals surface area contributed by atoms with Gasteiger partial charge in [-0.15, -0.1) is 0 Å². The number of anilines is 1. The molecule has 0 amide bonds. The van der Waals surface area contributed by atoms with Crippen LogP contribution in [0.3, 0.4) is 0 Å². The molecule has 0 bridgehead atoms. The van der Waals surface area contributed by atoms with Crippen LogP contribution in [0.25, 0.3) is 17.1 Å². The summed E-state index contributed by atoms with van der Waals surface area (Å²) in [4.78, 5) is 7.89. The zero-order valence-electron chi connectivity index (χ0n) is 17.0. The van der Waals surface area contributed by atoms with E-state index in [-0.39, 0.29) is 23.3 Å². The number of aromatic nitrogens is 4. The SMILES string of the molecule is FC(F)(F)c1cc(Cl)cc(-c2c(C(F)(F)F)nn(-c3ncccn3)c2NCc2ccccc2)c1. The normalized spacial score (nSPS) is 12.1. The first kappa shape index (κ1) is 23.6. The van der Waals surface area contributed by atoms with Gasteiger partial charge in [-0.25, -0.2) is 9.97 Å². The van der Waals surface area contributed by atoms with Gasteiger partial charge in [-0.1, -0.05) is 41.9 Å². The second-order valence-corrected chi connectivity index (χ2v) is 7.53. The standard InChI is InChI=1S/C22H14ClF6N5/c23-16-10-14(9-15(11-16)21(24,25)26)17-18(22(27,28)29)33-34(20-30-7-4-8-31-20)19(17)32-12-13-5-2-1-3-6-13/h1-11,32H,12H2. The molecule has 2 aromatic heterocycles. The number of rotatable bonds is 5. The highest BCUT2D eigenvalue weighted by Gasteiger charge is 2.41. The molecular weight excluding hydrogens is 484 g/mol. The van der Waals surface area contributed by atoms with E-state index >= 15 is 0 Å². The van der Waals surface area contributed by atoms with Gasteiger partial charge in [0.25, 0.3) is 5.95 Å². The van der Waals surface area contributed by atoms with Gasteiger partial charge in [-0.3, -0.25) is 0 Å². The Labute approximate surface area is 194 Å². The van der Waals surface area contributed by atoms with Gasteiger partial charge in [-0.05, 0) is 35.4 Å². The van der Waals surface area contributed by atoms with E-state index in [4.69, 9.17) is 11.6 Å². The van der Waals surface area contributed by atoms with Gasteiger partial charge in [0.15, 0.2) is 5.69 Å².